The Morgan fingerprint density at radius 2 is 2.05 bits per heavy atom. The Morgan fingerprint density at radius 3 is 2.82 bits per heavy atom. The van der Waals surface area contributed by atoms with Crippen molar-refractivity contribution in [2.24, 2.45) is 0 Å². The molecule has 0 saturated carbocycles. The molecule has 5 nitrogen and oxygen atoms in total. The van der Waals surface area contributed by atoms with Gasteiger partial charge in [-0.05, 0) is 0 Å². The molecule has 0 aliphatic rings. The molecule has 0 aliphatic carbocycles. The van der Waals surface area contributed by atoms with E-state index in [2.05, 4.69) is 20.3 Å². The molecule has 0 atom stereocenters. The topological polar surface area (TPSA) is 67.8 Å². The van der Waals surface area contributed by atoms with Gasteiger partial charge in [-0.15, -0.1) is 11.3 Å². The van der Waals surface area contributed by atoms with Gasteiger partial charge in [0, 0.05) is 36.3 Å². The van der Waals surface area contributed by atoms with Gasteiger partial charge in [-0.1, -0.05) is 30.3 Å². The largest absolute Gasteiger partial charge is 0.350 e. The molecule has 2 aromatic heterocycles. The van der Waals surface area contributed by atoms with E-state index in [1.54, 1.807) is 11.3 Å². The van der Waals surface area contributed by atoms with Gasteiger partial charge in [0.25, 0.3) is 5.91 Å². The van der Waals surface area contributed by atoms with E-state index in [1.807, 2.05) is 35.7 Å². The fourth-order valence-corrected chi connectivity index (χ4v) is 2.76. The van der Waals surface area contributed by atoms with Crippen molar-refractivity contribution in [2.45, 2.75) is 6.42 Å². The lowest BCUT2D eigenvalue weighted by molar-refractivity contribution is 0.0948. The van der Waals surface area contributed by atoms with Crippen LogP contribution in [0.5, 0.6) is 0 Å². The lowest BCUT2D eigenvalue weighted by Gasteiger charge is -2.02. The van der Waals surface area contributed by atoms with E-state index in [0.717, 1.165) is 16.3 Å². The summed E-state index contributed by atoms with van der Waals surface area (Å²) in [6.07, 6.45) is 5.19. The maximum Gasteiger partial charge on any atom is 0.271 e. The molecule has 1 amide bonds. The van der Waals surface area contributed by atoms with Crippen LogP contribution in [0, 0.1) is 0 Å². The van der Waals surface area contributed by atoms with Crippen molar-refractivity contribution in [1.29, 1.82) is 0 Å². The molecule has 6 heteroatoms. The quantitative estimate of drug-likeness (QED) is 0.786. The molecular weight excluding hydrogens is 296 g/mol. The number of rotatable bonds is 5. The Hall–Kier alpha value is -2.60. The number of nitrogens with zero attached hydrogens (tertiary/aromatic N) is 3. The minimum atomic E-state index is -0.215. The van der Waals surface area contributed by atoms with Crippen LogP contribution < -0.4 is 5.32 Å². The summed E-state index contributed by atoms with van der Waals surface area (Å²) >= 11 is 1.60. The Bertz CT molecular complexity index is 743. The highest BCUT2D eigenvalue weighted by molar-refractivity contribution is 7.09. The first-order valence-electron chi connectivity index (χ1n) is 6.87. The van der Waals surface area contributed by atoms with Crippen molar-refractivity contribution in [3.05, 3.63) is 65.0 Å². The summed E-state index contributed by atoms with van der Waals surface area (Å²) in [4.78, 5) is 24.3. The van der Waals surface area contributed by atoms with Crippen LogP contribution in [-0.2, 0) is 6.42 Å². The lowest BCUT2D eigenvalue weighted by Crippen LogP contribution is -2.26. The second-order valence-corrected chi connectivity index (χ2v) is 5.53. The minimum Gasteiger partial charge on any atom is -0.350 e. The van der Waals surface area contributed by atoms with E-state index in [1.165, 1.54) is 18.6 Å². The van der Waals surface area contributed by atoms with Crippen LogP contribution >= 0.6 is 11.3 Å². The average Bonchev–Trinajstić information content (AvgIpc) is 3.05. The lowest BCUT2D eigenvalue weighted by atomic mass is 10.2. The summed E-state index contributed by atoms with van der Waals surface area (Å²) in [6.45, 7) is 0.525. The van der Waals surface area contributed by atoms with E-state index >= 15 is 0 Å². The third-order valence-corrected chi connectivity index (χ3v) is 3.95. The summed E-state index contributed by atoms with van der Waals surface area (Å²) in [5.41, 5.74) is 2.40. The first-order valence-corrected chi connectivity index (χ1v) is 7.75. The second-order valence-electron chi connectivity index (χ2n) is 4.59. The molecule has 0 aliphatic heterocycles. The summed E-state index contributed by atoms with van der Waals surface area (Å²) in [6, 6.07) is 10.0. The number of amides is 1. The first kappa shape index (κ1) is 14.3. The molecule has 2 heterocycles. The molecule has 22 heavy (non-hydrogen) atoms. The highest BCUT2D eigenvalue weighted by Gasteiger charge is 2.07. The van der Waals surface area contributed by atoms with E-state index in [0.29, 0.717) is 18.7 Å². The maximum atomic E-state index is 11.8. The highest BCUT2D eigenvalue weighted by Crippen LogP contribution is 2.21. The second kappa shape index (κ2) is 6.91. The molecule has 0 fully saturated rings. The van der Waals surface area contributed by atoms with Crippen LogP contribution in [0.1, 0.15) is 15.5 Å². The Labute approximate surface area is 132 Å². The third-order valence-electron chi connectivity index (χ3n) is 3.04. The van der Waals surface area contributed by atoms with Crippen LogP contribution in [0.3, 0.4) is 0 Å². The molecule has 0 saturated heterocycles. The predicted octanol–water partition coefficient (Wildman–Crippen LogP) is 2.57. The number of nitrogens with one attached hydrogen (secondary N) is 1. The number of aromatic nitrogens is 3. The zero-order chi connectivity index (χ0) is 15.2. The summed E-state index contributed by atoms with van der Waals surface area (Å²) in [5.74, 6) is -0.215. The van der Waals surface area contributed by atoms with E-state index in [4.69, 9.17) is 0 Å². The summed E-state index contributed by atoms with van der Waals surface area (Å²) in [7, 11) is 0. The van der Waals surface area contributed by atoms with Gasteiger partial charge in [0.15, 0.2) is 0 Å². The molecule has 110 valence electrons. The Morgan fingerprint density at radius 1 is 1.18 bits per heavy atom. The van der Waals surface area contributed by atoms with Crippen LogP contribution in [0.25, 0.3) is 11.3 Å². The third kappa shape index (κ3) is 3.53. The molecule has 0 spiro atoms. The maximum absolute atomic E-state index is 11.8. The Balaban J connectivity index is 1.55. The Kier molecular flexibility index (Phi) is 4.50. The average molecular weight is 310 g/mol. The van der Waals surface area contributed by atoms with Gasteiger partial charge < -0.3 is 5.32 Å². The van der Waals surface area contributed by atoms with E-state index in [9.17, 15) is 4.79 Å². The normalized spacial score (nSPS) is 10.4. The monoisotopic (exact) mass is 310 g/mol. The van der Waals surface area contributed by atoms with Gasteiger partial charge in [-0.3, -0.25) is 9.78 Å². The van der Waals surface area contributed by atoms with Crippen molar-refractivity contribution in [3.63, 3.8) is 0 Å². The highest BCUT2D eigenvalue weighted by atomic mass is 32.1. The number of carbonyl (C=O) groups is 1. The molecule has 3 aromatic rings. The molecule has 0 radical (unpaired) electrons. The number of thiazole rings is 1. The molecule has 0 unspecified atom stereocenters. The SMILES string of the molecule is O=C(NCCc1nc(-c2ccccc2)cs1)c1cnccn1. The smallest absolute Gasteiger partial charge is 0.271 e. The van der Waals surface area contributed by atoms with Gasteiger partial charge >= 0.3 is 0 Å². The molecule has 3 rings (SSSR count). The fourth-order valence-electron chi connectivity index (χ4n) is 1.96. The number of benzene rings is 1. The van der Waals surface area contributed by atoms with Gasteiger partial charge in [-0.2, -0.15) is 0 Å². The predicted molar refractivity (Wildman–Crippen MR) is 85.6 cm³/mol. The van der Waals surface area contributed by atoms with Crippen molar-refractivity contribution >= 4 is 17.2 Å². The zero-order valence-corrected chi connectivity index (χ0v) is 12.6. The minimum absolute atomic E-state index is 0.215. The van der Waals surface area contributed by atoms with Crippen molar-refractivity contribution < 1.29 is 4.79 Å². The van der Waals surface area contributed by atoms with Crippen LogP contribution in [0.4, 0.5) is 0 Å². The standard InChI is InChI=1S/C16H14N4OS/c21-16(13-10-17-8-9-18-13)19-7-6-15-20-14(11-22-15)12-4-2-1-3-5-12/h1-5,8-11H,6-7H2,(H,19,21). The van der Waals surface area contributed by atoms with Gasteiger partial charge in [0.1, 0.15) is 5.69 Å². The zero-order valence-electron chi connectivity index (χ0n) is 11.8. The van der Waals surface area contributed by atoms with Crippen LogP contribution in [0.2, 0.25) is 0 Å². The first-order chi connectivity index (χ1) is 10.8. The van der Waals surface area contributed by atoms with Crippen molar-refractivity contribution in [1.82, 2.24) is 20.3 Å². The fraction of sp³-hybridized carbons (Fsp3) is 0.125. The van der Waals surface area contributed by atoms with Crippen molar-refractivity contribution in [3.8, 4) is 11.3 Å². The molecule has 0 bridgehead atoms. The van der Waals surface area contributed by atoms with Crippen molar-refractivity contribution in [2.75, 3.05) is 6.54 Å². The van der Waals surface area contributed by atoms with Crippen LogP contribution in [0.15, 0.2) is 54.3 Å². The number of hydrogen-bond donors (Lipinski definition) is 1. The van der Waals surface area contributed by atoms with E-state index < -0.39 is 0 Å². The number of carbonyl (C=O) groups excluding carboxylic acids is 1. The summed E-state index contributed by atoms with van der Waals surface area (Å²) < 4.78 is 0. The molecular formula is C16H14N4OS. The molecule has 1 aromatic carbocycles. The van der Waals surface area contributed by atoms with Crippen LogP contribution in [-0.4, -0.2) is 27.4 Å². The van der Waals surface area contributed by atoms with E-state index in [-0.39, 0.29) is 5.91 Å². The summed E-state index contributed by atoms with van der Waals surface area (Å²) in [5, 5.41) is 5.86. The van der Waals surface area contributed by atoms with Gasteiger partial charge in [0.2, 0.25) is 0 Å². The van der Waals surface area contributed by atoms with Gasteiger partial charge in [0.05, 0.1) is 16.9 Å². The van der Waals surface area contributed by atoms with Gasteiger partial charge in [-0.25, -0.2) is 9.97 Å². The molecule has 1 N–H and O–H groups in total. The number of hydrogen-bond acceptors (Lipinski definition) is 5.